The van der Waals surface area contributed by atoms with Crippen LogP contribution < -0.4 is 11.1 Å². The Morgan fingerprint density at radius 3 is 2.38 bits per heavy atom. The van der Waals surface area contributed by atoms with Gasteiger partial charge >= 0.3 is 0 Å². The molecule has 0 fully saturated rings. The van der Waals surface area contributed by atoms with Crippen molar-refractivity contribution in [2.24, 2.45) is 0 Å². The van der Waals surface area contributed by atoms with Crippen LogP contribution in [0.3, 0.4) is 0 Å². The van der Waals surface area contributed by atoms with Gasteiger partial charge in [0.05, 0.1) is 16.3 Å². The zero-order chi connectivity index (χ0) is 15.5. The number of anilines is 2. The Labute approximate surface area is 124 Å². The minimum absolute atomic E-state index is 0.212. The first kappa shape index (κ1) is 15.2. The van der Waals surface area contributed by atoms with Crippen LogP contribution in [0, 0.1) is 0 Å². The Morgan fingerprint density at radius 2 is 1.81 bits per heavy atom. The summed E-state index contributed by atoms with van der Waals surface area (Å²) in [7, 11) is -3.24. The third kappa shape index (κ3) is 4.13. The molecule has 2 rings (SSSR count). The van der Waals surface area contributed by atoms with E-state index in [1.54, 1.807) is 18.2 Å². The number of hydrogen-bond donors (Lipinski definition) is 3. The van der Waals surface area contributed by atoms with Crippen molar-refractivity contribution in [2.45, 2.75) is 11.3 Å². The summed E-state index contributed by atoms with van der Waals surface area (Å²) in [6.45, 7) is 0.660. The van der Waals surface area contributed by atoms with Gasteiger partial charge in [-0.1, -0.05) is 12.1 Å². The molecule has 0 saturated heterocycles. The van der Waals surface area contributed by atoms with E-state index in [0.717, 1.165) is 18.2 Å². The summed E-state index contributed by atoms with van der Waals surface area (Å²) < 4.78 is 22.9. The summed E-state index contributed by atoms with van der Waals surface area (Å²) in [5.41, 5.74) is 8.06. The molecule has 0 radical (unpaired) electrons. The molecular weight excluding hydrogens is 288 g/mol. The Morgan fingerprint density at radius 1 is 1.14 bits per heavy atom. The highest BCUT2D eigenvalue weighted by molar-refractivity contribution is 7.90. The summed E-state index contributed by atoms with van der Waals surface area (Å²) in [6.07, 6.45) is 1.92. The molecule has 112 valence electrons. The number of nitrogen functional groups attached to an aromatic ring is 1. The van der Waals surface area contributed by atoms with Gasteiger partial charge in [0, 0.05) is 12.8 Å². The van der Waals surface area contributed by atoms with E-state index >= 15 is 0 Å². The molecule has 0 unspecified atom stereocenters. The minimum atomic E-state index is -3.24. The molecule has 0 spiro atoms. The summed E-state index contributed by atoms with van der Waals surface area (Å²) in [5.74, 6) is 0.243. The van der Waals surface area contributed by atoms with Crippen LogP contribution in [0.1, 0.15) is 5.56 Å². The topological polar surface area (TPSA) is 92.4 Å². The van der Waals surface area contributed by atoms with Crippen LogP contribution >= 0.6 is 0 Å². The highest BCUT2D eigenvalue weighted by Gasteiger charge is 2.09. The van der Waals surface area contributed by atoms with Crippen LogP contribution in [-0.4, -0.2) is 26.3 Å². The molecule has 0 amide bonds. The molecule has 2 aromatic rings. The largest absolute Gasteiger partial charge is 0.508 e. The van der Waals surface area contributed by atoms with Gasteiger partial charge in [-0.15, -0.1) is 0 Å². The number of benzene rings is 2. The van der Waals surface area contributed by atoms with Crippen molar-refractivity contribution in [3.8, 4) is 5.75 Å². The van der Waals surface area contributed by atoms with Gasteiger partial charge in [-0.05, 0) is 42.3 Å². The van der Waals surface area contributed by atoms with E-state index < -0.39 is 9.84 Å². The number of phenols is 1. The van der Waals surface area contributed by atoms with Gasteiger partial charge in [0.2, 0.25) is 0 Å². The van der Waals surface area contributed by atoms with Crippen molar-refractivity contribution in [2.75, 3.05) is 23.9 Å². The fraction of sp³-hybridized carbons (Fsp3) is 0.200. The molecular formula is C15H18N2O3S. The lowest BCUT2D eigenvalue weighted by molar-refractivity contribution is 0.475. The van der Waals surface area contributed by atoms with Crippen molar-refractivity contribution in [3.63, 3.8) is 0 Å². The van der Waals surface area contributed by atoms with Crippen LogP contribution in [0.5, 0.6) is 5.75 Å². The zero-order valence-electron chi connectivity index (χ0n) is 11.7. The third-order valence-corrected chi connectivity index (χ3v) is 4.23. The maximum absolute atomic E-state index is 11.4. The van der Waals surface area contributed by atoms with Crippen molar-refractivity contribution < 1.29 is 13.5 Å². The van der Waals surface area contributed by atoms with Crippen LogP contribution in [-0.2, 0) is 16.3 Å². The van der Waals surface area contributed by atoms with Crippen molar-refractivity contribution in [1.29, 1.82) is 0 Å². The second-order valence-electron chi connectivity index (χ2n) is 4.86. The van der Waals surface area contributed by atoms with Crippen LogP contribution in [0.2, 0.25) is 0 Å². The van der Waals surface area contributed by atoms with Gasteiger partial charge < -0.3 is 16.2 Å². The zero-order valence-corrected chi connectivity index (χ0v) is 12.5. The van der Waals surface area contributed by atoms with Gasteiger partial charge in [0.25, 0.3) is 0 Å². The number of nitrogens with two attached hydrogens (primary N) is 1. The van der Waals surface area contributed by atoms with Gasteiger partial charge in [-0.3, -0.25) is 0 Å². The Bertz CT molecular complexity index is 725. The second kappa shape index (κ2) is 6.05. The van der Waals surface area contributed by atoms with E-state index in [4.69, 9.17) is 5.73 Å². The second-order valence-corrected chi connectivity index (χ2v) is 6.88. The maximum atomic E-state index is 11.4. The first-order valence-corrected chi connectivity index (χ1v) is 8.37. The lowest BCUT2D eigenvalue weighted by atomic mass is 10.1. The van der Waals surface area contributed by atoms with E-state index in [-0.39, 0.29) is 10.6 Å². The maximum Gasteiger partial charge on any atom is 0.175 e. The summed E-state index contributed by atoms with van der Waals surface area (Å²) in [5, 5.41) is 12.4. The molecule has 2 aromatic carbocycles. The van der Waals surface area contributed by atoms with Crippen LogP contribution in [0.15, 0.2) is 47.4 Å². The lowest BCUT2D eigenvalue weighted by Crippen LogP contribution is -2.08. The predicted molar refractivity (Wildman–Crippen MR) is 84.3 cm³/mol. The summed E-state index contributed by atoms with van der Waals surface area (Å²) in [6, 6.07) is 11.7. The van der Waals surface area contributed by atoms with Crippen LogP contribution in [0.4, 0.5) is 11.4 Å². The standard InChI is InChI=1S/C15H18N2O3S/c1-21(19,20)13-6-7-15(14(16)10-13)17-9-8-11-2-4-12(18)5-3-11/h2-7,10,17-18H,8-9,16H2,1H3. The van der Waals surface area contributed by atoms with E-state index in [2.05, 4.69) is 5.32 Å². The van der Waals surface area contributed by atoms with E-state index in [1.807, 2.05) is 12.1 Å². The van der Waals surface area contributed by atoms with Crippen molar-refractivity contribution in [1.82, 2.24) is 0 Å². The molecule has 0 aliphatic carbocycles. The summed E-state index contributed by atoms with van der Waals surface area (Å²) in [4.78, 5) is 0.212. The normalized spacial score (nSPS) is 11.3. The molecule has 0 bridgehead atoms. The predicted octanol–water partition coefficient (Wildman–Crippen LogP) is 2.03. The average Bonchev–Trinajstić information content (AvgIpc) is 2.41. The SMILES string of the molecule is CS(=O)(=O)c1ccc(NCCc2ccc(O)cc2)c(N)c1. The number of sulfone groups is 1. The number of nitrogens with one attached hydrogen (secondary N) is 1. The number of rotatable bonds is 5. The van der Waals surface area contributed by atoms with Crippen molar-refractivity contribution >= 4 is 21.2 Å². The van der Waals surface area contributed by atoms with E-state index in [0.29, 0.717) is 17.9 Å². The number of aromatic hydroxyl groups is 1. The average molecular weight is 306 g/mol. The molecule has 0 saturated carbocycles. The fourth-order valence-corrected chi connectivity index (χ4v) is 2.59. The number of phenolic OH excluding ortho intramolecular Hbond substituents is 1. The van der Waals surface area contributed by atoms with Gasteiger partial charge in [0.1, 0.15) is 5.75 Å². The molecule has 6 heteroatoms. The molecule has 0 atom stereocenters. The smallest absolute Gasteiger partial charge is 0.175 e. The molecule has 4 N–H and O–H groups in total. The van der Waals surface area contributed by atoms with E-state index in [9.17, 15) is 13.5 Å². The molecule has 5 nitrogen and oxygen atoms in total. The highest BCUT2D eigenvalue weighted by atomic mass is 32.2. The van der Waals surface area contributed by atoms with Crippen LogP contribution in [0.25, 0.3) is 0 Å². The van der Waals surface area contributed by atoms with Gasteiger partial charge in [-0.2, -0.15) is 0 Å². The summed E-state index contributed by atoms with van der Waals surface area (Å²) >= 11 is 0. The first-order valence-electron chi connectivity index (χ1n) is 6.47. The monoisotopic (exact) mass is 306 g/mol. The Balaban J connectivity index is 1.99. The van der Waals surface area contributed by atoms with Gasteiger partial charge in [0.15, 0.2) is 9.84 Å². The minimum Gasteiger partial charge on any atom is -0.508 e. The fourth-order valence-electron chi connectivity index (χ4n) is 1.94. The molecule has 0 aromatic heterocycles. The Kier molecular flexibility index (Phi) is 4.37. The van der Waals surface area contributed by atoms with Crippen molar-refractivity contribution in [3.05, 3.63) is 48.0 Å². The quantitative estimate of drug-likeness (QED) is 0.735. The van der Waals surface area contributed by atoms with E-state index in [1.165, 1.54) is 12.1 Å². The molecule has 0 aliphatic rings. The van der Waals surface area contributed by atoms with Gasteiger partial charge in [-0.25, -0.2) is 8.42 Å². The lowest BCUT2D eigenvalue weighted by Gasteiger charge is -2.10. The molecule has 0 aliphatic heterocycles. The first-order chi connectivity index (χ1) is 9.86. The molecule has 0 heterocycles. The third-order valence-electron chi connectivity index (χ3n) is 3.12. The Hall–Kier alpha value is -2.21. The number of hydrogen-bond acceptors (Lipinski definition) is 5. The molecule has 21 heavy (non-hydrogen) atoms. The highest BCUT2D eigenvalue weighted by Crippen LogP contribution is 2.22.